The number of rotatable bonds is 4. The van der Waals surface area contributed by atoms with Crippen molar-refractivity contribution in [3.05, 3.63) is 21.3 Å². The molecule has 0 radical (unpaired) electrons. The molecule has 1 aliphatic rings. The topological polar surface area (TPSA) is 50.4 Å². The molecule has 1 aliphatic carbocycles. The number of alkyl carbamates (subject to hydrolysis) is 1. The predicted molar refractivity (Wildman–Crippen MR) is 91.7 cm³/mol. The van der Waals surface area contributed by atoms with Crippen LogP contribution < -0.4 is 10.6 Å². The van der Waals surface area contributed by atoms with Crippen molar-refractivity contribution in [2.75, 3.05) is 0 Å². The zero-order chi connectivity index (χ0) is 16.3. The van der Waals surface area contributed by atoms with Crippen molar-refractivity contribution in [1.29, 1.82) is 0 Å². The maximum Gasteiger partial charge on any atom is 0.407 e. The van der Waals surface area contributed by atoms with Gasteiger partial charge in [-0.1, -0.05) is 11.6 Å². The molecule has 1 fully saturated rings. The van der Waals surface area contributed by atoms with Crippen molar-refractivity contribution in [2.24, 2.45) is 0 Å². The highest BCUT2D eigenvalue weighted by Crippen LogP contribution is 2.27. The van der Waals surface area contributed by atoms with E-state index < -0.39 is 5.60 Å². The smallest absolute Gasteiger partial charge is 0.407 e. The number of hydrogen-bond donors (Lipinski definition) is 2. The van der Waals surface area contributed by atoms with E-state index in [9.17, 15) is 4.79 Å². The Bertz CT molecular complexity index is 512. The van der Waals surface area contributed by atoms with Crippen LogP contribution in [-0.2, 0) is 4.74 Å². The van der Waals surface area contributed by atoms with Gasteiger partial charge in [-0.25, -0.2) is 4.79 Å². The van der Waals surface area contributed by atoms with Gasteiger partial charge >= 0.3 is 6.09 Å². The lowest BCUT2D eigenvalue weighted by Gasteiger charge is -2.27. The van der Waals surface area contributed by atoms with Crippen LogP contribution in [0.15, 0.2) is 11.4 Å². The summed E-state index contributed by atoms with van der Waals surface area (Å²) in [6.45, 7) is 7.75. The van der Waals surface area contributed by atoms with Crippen molar-refractivity contribution >= 4 is 29.0 Å². The normalized spacial score (nSPS) is 23.3. The molecule has 4 nitrogen and oxygen atoms in total. The first-order valence-electron chi connectivity index (χ1n) is 7.74. The average molecular weight is 345 g/mol. The van der Waals surface area contributed by atoms with Crippen LogP contribution >= 0.6 is 22.9 Å². The Balaban J connectivity index is 1.89. The molecule has 1 aromatic rings. The molecule has 1 aromatic heterocycles. The molecule has 6 heteroatoms. The minimum Gasteiger partial charge on any atom is -0.444 e. The molecule has 0 bridgehead atoms. The quantitative estimate of drug-likeness (QED) is 0.845. The lowest BCUT2D eigenvalue weighted by Crippen LogP contribution is -2.48. The molecule has 0 spiro atoms. The first kappa shape index (κ1) is 17.6. The van der Waals surface area contributed by atoms with Crippen LogP contribution in [0.2, 0.25) is 4.34 Å². The number of carbonyl (C=O) groups is 1. The zero-order valence-corrected chi connectivity index (χ0v) is 15.2. The molecule has 1 heterocycles. The predicted octanol–water partition coefficient (Wildman–Crippen LogP) is 4.50. The number of carbonyl (C=O) groups excluding carboxylic acids is 1. The van der Waals surface area contributed by atoms with Crippen molar-refractivity contribution in [3.63, 3.8) is 0 Å². The number of halogens is 1. The molecule has 22 heavy (non-hydrogen) atoms. The molecule has 3 unspecified atom stereocenters. The van der Waals surface area contributed by atoms with E-state index >= 15 is 0 Å². The monoisotopic (exact) mass is 344 g/mol. The van der Waals surface area contributed by atoms with E-state index in [4.69, 9.17) is 16.3 Å². The highest BCUT2D eigenvalue weighted by Gasteiger charge is 2.31. The zero-order valence-electron chi connectivity index (χ0n) is 13.6. The summed E-state index contributed by atoms with van der Waals surface area (Å²) in [6.07, 6.45) is 2.81. The van der Waals surface area contributed by atoms with E-state index in [0.29, 0.717) is 0 Å². The summed E-state index contributed by atoms with van der Waals surface area (Å²) in [5.41, 5.74) is 0.727. The number of amides is 1. The summed E-state index contributed by atoms with van der Waals surface area (Å²) in [5.74, 6) is 0. The van der Waals surface area contributed by atoms with Crippen molar-refractivity contribution in [2.45, 2.75) is 70.7 Å². The van der Waals surface area contributed by atoms with Crippen LogP contribution in [0.4, 0.5) is 4.79 Å². The lowest BCUT2D eigenvalue weighted by molar-refractivity contribution is 0.0497. The number of thiophene rings is 1. The Kier molecular flexibility index (Phi) is 5.75. The first-order chi connectivity index (χ1) is 10.2. The summed E-state index contributed by atoms with van der Waals surface area (Å²) in [6, 6.07) is 2.59. The van der Waals surface area contributed by atoms with Crippen LogP contribution in [0.25, 0.3) is 0 Å². The van der Waals surface area contributed by atoms with E-state index in [1.165, 1.54) is 5.56 Å². The summed E-state index contributed by atoms with van der Waals surface area (Å²) >= 11 is 7.54. The third-order valence-electron chi connectivity index (χ3n) is 3.77. The highest BCUT2D eigenvalue weighted by molar-refractivity contribution is 7.14. The van der Waals surface area contributed by atoms with Crippen molar-refractivity contribution < 1.29 is 9.53 Å². The number of hydrogen-bond acceptors (Lipinski definition) is 4. The second kappa shape index (κ2) is 7.20. The van der Waals surface area contributed by atoms with Crippen LogP contribution in [0.5, 0.6) is 0 Å². The summed E-state index contributed by atoms with van der Waals surface area (Å²) in [5, 5.41) is 8.68. The van der Waals surface area contributed by atoms with Crippen LogP contribution in [0.1, 0.15) is 58.6 Å². The Morgan fingerprint density at radius 3 is 2.68 bits per heavy atom. The fraction of sp³-hybridized carbons (Fsp3) is 0.688. The molecule has 0 aliphatic heterocycles. The largest absolute Gasteiger partial charge is 0.444 e. The van der Waals surface area contributed by atoms with E-state index in [0.717, 1.165) is 23.6 Å². The van der Waals surface area contributed by atoms with E-state index in [-0.39, 0.29) is 24.2 Å². The maximum absolute atomic E-state index is 11.9. The molecular formula is C16H25ClN2O2S. The number of ether oxygens (including phenoxy) is 1. The first-order valence-corrected chi connectivity index (χ1v) is 9.00. The van der Waals surface area contributed by atoms with Gasteiger partial charge in [0.25, 0.3) is 0 Å². The molecular weight excluding hydrogens is 320 g/mol. The van der Waals surface area contributed by atoms with Gasteiger partial charge in [-0.15, -0.1) is 11.3 Å². The summed E-state index contributed by atoms with van der Waals surface area (Å²) in [7, 11) is 0. The molecule has 2 N–H and O–H groups in total. The minimum atomic E-state index is -0.466. The second-order valence-electron chi connectivity index (χ2n) is 6.86. The van der Waals surface area contributed by atoms with E-state index in [1.54, 1.807) is 11.3 Å². The van der Waals surface area contributed by atoms with Gasteiger partial charge in [0.1, 0.15) is 5.60 Å². The van der Waals surface area contributed by atoms with Gasteiger partial charge in [-0.2, -0.15) is 0 Å². The standard InChI is InChI=1S/C16H25ClN2O2S/c1-10(11-8-14(17)22-9-11)18-12-6-5-7-13(12)19-15(20)21-16(2,3)4/h8-10,12-13,18H,5-7H2,1-4H3,(H,19,20). The summed E-state index contributed by atoms with van der Waals surface area (Å²) < 4.78 is 6.15. The SMILES string of the molecule is CC(NC1CCCC1NC(=O)OC(C)(C)C)c1csc(Cl)c1. The third-order valence-corrected chi connectivity index (χ3v) is 4.88. The molecule has 1 saturated carbocycles. The Hall–Kier alpha value is -0.780. The van der Waals surface area contributed by atoms with Crippen LogP contribution in [-0.4, -0.2) is 23.8 Å². The fourth-order valence-corrected chi connectivity index (χ4v) is 3.74. The average Bonchev–Trinajstić information content (AvgIpc) is 2.97. The lowest BCUT2D eigenvalue weighted by atomic mass is 10.1. The van der Waals surface area contributed by atoms with Gasteiger partial charge in [-0.05, 0) is 64.0 Å². The van der Waals surface area contributed by atoms with E-state index in [2.05, 4.69) is 22.9 Å². The molecule has 124 valence electrons. The Labute approximate surface area is 141 Å². The molecule has 1 amide bonds. The van der Waals surface area contributed by atoms with Gasteiger partial charge in [0, 0.05) is 18.1 Å². The van der Waals surface area contributed by atoms with Gasteiger partial charge in [0.2, 0.25) is 0 Å². The van der Waals surface area contributed by atoms with Gasteiger partial charge < -0.3 is 15.4 Å². The second-order valence-corrected chi connectivity index (χ2v) is 8.41. The van der Waals surface area contributed by atoms with E-state index in [1.807, 2.05) is 26.8 Å². The van der Waals surface area contributed by atoms with Gasteiger partial charge in [0.05, 0.1) is 4.34 Å². The van der Waals surface area contributed by atoms with Gasteiger partial charge in [-0.3, -0.25) is 0 Å². The summed E-state index contributed by atoms with van der Waals surface area (Å²) in [4.78, 5) is 11.9. The molecule has 3 atom stereocenters. The Morgan fingerprint density at radius 1 is 1.41 bits per heavy atom. The number of nitrogens with one attached hydrogen (secondary N) is 2. The van der Waals surface area contributed by atoms with Crippen LogP contribution in [0.3, 0.4) is 0 Å². The van der Waals surface area contributed by atoms with Crippen molar-refractivity contribution in [1.82, 2.24) is 10.6 Å². The third kappa shape index (κ3) is 5.14. The fourth-order valence-electron chi connectivity index (χ4n) is 2.76. The molecule has 0 aromatic carbocycles. The Morgan fingerprint density at radius 2 is 2.09 bits per heavy atom. The van der Waals surface area contributed by atoms with Crippen molar-refractivity contribution in [3.8, 4) is 0 Å². The molecule has 2 rings (SSSR count). The highest BCUT2D eigenvalue weighted by atomic mass is 35.5. The van der Waals surface area contributed by atoms with Gasteiger partial charge in [0.15, 0.2) is 0 Å². The molecule has 0 saturated heterocycles. The van der Waals surface area contributed by atoms with Crippen LogP contribution in [0, 0.1) is 0 Å². The minimum absolute atomic E-state index is 0.117. The maximum atomic E-state index is 11.9.